The number of benzene rings is 2. The Kier molecular flexibility index (Phi) is 9.15. The number of ether oxygens (including phenoxy) is 3. The Hall–Kier alpha value is -3.66. The molecule has 1 aromatic heterocycles. The van der Waals surface area contributed by atoms with Gasteiger partial charge in [0.2, 0.25) is 14.2 Å². The van der Waals surface area contributed by atoms with Crippen LogP contribution in [-0.2, 0) is 24.8 Å². The lowest BCUT2D eigenvalue weighted by molar-refractivity contribution is 0.0223. The number of amides is 1. The molecule has 0 aliphatic carbocycles. The van der Waals surface area contributed by atoms with Crippen LogP contribution in [0.1, 0.15) is 52.7 Å². The van der Waals surface area contributed by atoms with Crippen LogP contribution in [0.3, 0.4) is 0 Å². The van der Waals surface area contributed by atoms with Crippen molar-refractivity contribution >= 4 is 25.8 Å². The monoisotopic (exact) mass is 594 g/mol. The van der Waals surface area contributed by atoms with E-state index in [9.17, 15) is 4.79 Å². The second-order valence-electron chi connectivity index (χ2n) is 13.2. The van der Waals surface area contributed by atoms with Crippen LogP contribution < -0.4 is 19.2 Å². The number of aromatic nitrogens is 2. The minimum atomic E-state index is -1.90. The summed E-state index contributed by atoms with van der Waals surface area (Å²) in [4.78, 5) is 14.3. The minimum Gasteiger partial charge on any atom is -0.544 e. The normalized spacial score (nSPS) is 13.8. The standard InChI is InChI=1S/C32H46N4O5Si/c1-31(2,3)40-30(37)36-18-17-26-23(22-36)11-10-12-28(26)38-19-20-39-29-27(21-33-35(29)7)34-24-13-15-25(16-14-24)41-42(8,9)32(4,5)6/h10-16,21,34H,17-20,22H2,1-9H3. The smallest absolute Gasteiger partial charge is 0.410 e. The molecule has 1 N–H and O–H groups in total. The van der Waals surface area contributed by atoms with E-state index in [0.717, 1.165) is 34.0 Å². The van der Waals surface area contributed by atoms with Crippen LogP contribution in [0.25, 0.3) is 0 Å². The number of rotatable bonds is 9. The van der Waals surface area contributed by atoms with Gasteiger partial charge in [-0.15, -0.1) is 0 Å². The van der Waals surface area contributed by atoms with Crippen molar-refractivity contribution in [3.63, 3.8) is 0 Å². The fraction of sp³-hybridized carbons (Fsp3) is 0.500. The Morgan fingerprint density at radius 1 is 1.00 bits per heavy atom. The molecule has 3 aromatic rings. The zero-order chi connectivity index (χ0) is 30.7. The molecule has 0 atom stereocenters. The molecule has 228 valence electrons. The summed E-state index contributed by atoms with van der Waals surface area (Å²) in [6.45, 7) is 18.6. The Labute approximate surface area is 251 Å². The molecular weight excluding hydrogens is 548 g/mol. The quantitative estimate of drug-likeness (QED) is 0.205. The zero-order valence-corrected chi connectivity index (χ0v) is 27.5. The highest BCUT2D eigenvalue weighted by atomic mass is 28.4. The van der Waals surface area contributed by atoms with Crippen molar-refractivity contribution < 1.29 is 23.4 Å². The molecule has 4 rings (SSSR count). The number of aryl methyl sites for hydroxylation is 1. The lowest BCUT2D eigenvalue weighted by Gasteiger charge is -2.36. The molecule has 9 nitrogen and oxygen atoms in total. The molecular formula is C32H46N4O5Si. The first-order chi connectivity index (χ1) is 19.6. The second-order valence-corrected chi connectivity index (χ2v) is 18.0. The van der Waals surface area contributed by atoms with E-state index >= 15 is 0 Å². The fourth-order valence-corrected chi connectivity index (χ4v) is 5.41. The molecule has 1 amide bonds. The predicted octanol–water partition coefficient (Wildman–Crippen LogP) is 7.30. The van der Waals surface area contributed by atoms with Crippen LogP contribution in [0.15, 0.2) is 48.7 Å². The van der Waals surface area contributed by atoms with Crippen molar-refractivity contribution in [3.05, 3.63) is 59.8 Å². The molecule has 42 heavy (non-hydrogen) atoms. The maximum Gasteiger partial charge on any atom is 0.410 e. The maximum atomic E-state index is 12.5. The van der Waals surface area contributed by atoms with Gasteiger partial charge in [0.15, 0.2) is 0 Å². The summed E-state index contributed by atoms with van der Waals surface area (Å²) >= 11 is 0. The predicted molar refractivity (Wildman–Crippen MR) is 169 cm³/mol. The number of carbonyl (C=O) groups excluding carboxylic acids is 1. The summed E-state index contributed by atoms with van der Waals surface area (Å²) in [6.07, 6.45) is 2.17. The first kappa shape index (κ1) is 31.3. The lowest BCUT2D eigenvalue weighted by Crippen LogP contribution is -2.43. The third-order valence-corrected chi connectivity index (χ3v) is 12.0. The van der Waals surface area contributed by atoms with Crippen LogP contribution >= 0.6 is 0 Å². The first-order valence-electron chi connectivity index (χ1n) is 14.6. The highest BCUT2D eigenvalue weighted by Crippen LogP contribution is 2.38. The SMILES string of the molecule is Cn1ncc(Nc2ccc(O[Si](C)(C)C(C)(C)C)cc2)c1OCCOc1cccc2c1CCN(C(=O)OC(C)(C)C)C2. The second kappa shape index (κ2) is 12.3. The van der Waals surface area contributed by atoms with Crippen LogP contribution in [0, 0.1) is 0 Å². The Morgan fingerprint density at radius 3 is 2.36 bits per heavy atom. The number of hydrogen-bond donors (Lipinski definition) is 1. The van der Waals surface area contributed by atoms with E-state index in [2.05, 4.69) is 44.3 Å². The number of fused-ring (bicyclic) bond motifs is 1. The summed E-state index contributed by atoms with van der Waals surface area (Å²) < 4.78 is 25.9. The zero-order valence-electron chi connectivity index (χ0n) is 26.5. The molecule has 0 radical (unpaired) electrons. The van der Waals surface area contributed by atoms with Gasteiger partial charge in [-0.1, -0.05) is 32.9 Å². The minimum absolute atomic E-state index is 0.137. The van der Waals surface area contributed by atoms with E-state index in [0.29, 0.717) is 38.6 Å². The van der Waals surface area contributed by atoms with Crippen molar-refractivity contribution in [1.29, 1.82) is 0 Å². The van der Waals surface area contributed by atoms with E-state index in [-0.39, 0.29) is 11.1 Å². The summed E-state index contributed by atoms with van der Waals surface area (Å²) in [5.74, 6) is 2.33. The Balaban J connectivity index is 1.31. The molecule has 2 aromatic carbocycles. The molecule has 0 saturated carbocycles. The maximum absolute atomic E-state index is 12.5. The summed E-state index contributed by atoms with van der Waals surface area (Å²) in [6, 6.07) is 14.0. The van der Waals surface area contributed by atoms with Crippen molar-refractivity contribution in [3.8, 4) is 17.4 Å². The van der Waals surface area contributed by atoms with Crippen molar-refractivity contribution in [2.24, 2.45) is 7.05 Å². The fourth-order valence-electron chi connectivity index (χ4n) is 4.37. The van der Waals surface area contributed by atoms with Gasteiger partial charge in [0.1, 0.15) is 36.0 Å². The summed E-state index contributed by atoms with van der Waals surface area (Å²) in [7, 11) is -0.0478. The molecule has 0 unspecified atom stereocenters. The van der Waals surface area contributed by atoms with E-state index in [1.807, 2.05) is 70.3 Å². The third-order valence-electron chi connectivity index (χ3n) is 7.65. The lowest BCUT2D eigenvalue weighted by atomic mass is 9.99. The highest BCUT2D eigenvalue weighted by Gasteiger charge is 2.39. The number of anilines is 2. The van der Waals surface area contributed by atoms with Gasteiger partial charge in [-0.25, -0.2) is 9.48 Å². The topological polar surface area (TPSA) is 87.1 Å². The van der Waals surface area contributed by atoms with E-state index in [1.54, 1.807) is 15.8 Å². The van der Waals surface area contributed by atoms with Gasteiger partial charge in [-0.3, -0.25) is 0 Å². The van der Waals surface area contributed by atoms with Gasteiger partial charge >= 0.3 is 6.09 Å². The number of hydrogen-bond acceptors (Lipinski definition) is 7. The Morgan fingerprint density at radius 2 is 1.69 bits per heavy atom. The van der Waals surface area contributed by atoms with Crippen LogP contribution in [0.4, 0.5) is 16.2 Å². The van der Waals surface area contributed by atoms with Crippen LogP contribution in [-0.4, -0.2) is 54.5 Å². The average Bonchev–Trinajstić information content (AvgIpc) is 3.24. The first-order valence-corrected chi connectivity index (χ1v) is 17.5. The molecule has 0 fully saturated rings. The van der Waals surface area contributed by atoms with E-state index in [4.69, 9.17) is 18.6 Å². The molecule has 1 aliphatic heterocycles. The van der Waals surface area contributed by atoms with Gasteiger partial charge in [-0.2, -0.15) is 5.10 Å². The van der Waals surface area contributed by atoms with Gasteiger partial charge in [0.05, 0.1) is 6.20 Å². The van der Waals surface area contributed by atoms with E-state index < -0.39 is 13.9 Å². The highest BCUT2D eigenvalue weighted by molar-refractivity contribution is 6.74. The van der Waals surface area contributed by atoms with Gasteiger partial charge in [-0.05, 0) is 81.2 Å². The average molecular weight is 595 g/mol. The number of carbonyl (C=O) groups is 1. The van der Waals surface area contributed by atoms with Crippen molar-refractivity contribution in [1.82, 2.24) is 14.7 Å². The third kappa shape index (κ3) is 7.79. The van der Waals surface area contributed by atoms with Gasteiger partial charge in [0, 0.05) is 31.4 Å². The molecule has 0 saturated heterocycles. The van der Waals surface area contributed by atoms with Crippen LogP contribution in [0.2, 0.25) is 18.1 Å². The summed E-state index contributed by atoms with van der Waals surface area (Å²) in [5, 5.41) is 7.91. The molecule has 0 bridgehead atoms. The van der Waals surface area contributed by atoms with Gasteiger partial charge < -0.3 is 28.9 Å². The number of nitrogens with zero attached hydrogens (tertiary/aromatic N) is 3. The van der Waals surface area contributed by atoms with Crippen molar-refractivity contribution in [2.75, 3.05) is 25.1 Å². The van der Waals surface area contributed by atoms with Crippen molar-refractivity contribution in [2.45, 2.75) is 78.2 Å². The van der Waals surface area contributed by atoms with E-state index in [1.165, 1.54) is 0 Å². The largest absolute Gasteiger partial charge is 0.544 e. The number of nitrogens with one attached hydrogen (secondary N) is 1. The van der Waals surface area contributed by atoms with Gasteiger partial charge in [0.25, 0.3) is 0 Å². The molecule has 10 heteroatoms. The Bertz CT molecular complexity index is 1370. The molecule has 1 aliphatic rings. The van der Waals surface area contributed by atoms with Crippen LogP contribution in [0.5, 0.6) is 17.4 Å². The molecule has 0 spiro atoms. The molecule has 2 heterocycles. The summed E-state index contributed by atoms with van der Waals surface area (Å²) in [5.41, 5.74) is 3.37.